The minimum absolute atomic E-state index is 0.113. The van der Waals surface area contributed by atoms with E-state index in [9.17, 15) is 14.4 Å². The normalized spacial score (nSPS) is 14.9. The SMILES string of the molecule is NC(=O)CSc1ccccc1NC(=O)COC(=O)C1(c2ccccc2)CCCC1. The Bertz CT molecular complexity index is 879. The van der Waals surface area contributed by atoms with Crippen LogP contribution in [0.5, 0.6) is 0 Å². The third kappa shape index (κ3) is 5.17. The average molecular weight is 413 g/mol. The highest BCUT2D eigenvalue weighted by molar-refractivity contribution is 8.00. The molecule has 1 aliphatic carbocycles. The highest BCUT2D eigenvalue weighted by atomic mass is 32.2. The zero-order valence-electron chi connectivity index (χ0n) is 16.1. The minimum atomic E-state index is -0.670. The van der Waals surface area contributed by atoms with Gasteiger partial charge in [0, 0.05) is 4.90 Å². The zero-order chi connectivity index (χ0) is 20.7. The van der Waals surface area contributed by atoms with Crippen LogP contribution in [0.25, 0.3) is 0 Å². The predicted octanol–water partition coefficient (Wildman–Crippen LogP) is 3.26. The van der Waals surface area contributed by atoms with Crippen LogP contribution in [0, 0.1) is 0 Å². The number of benzene rings is 2. The van der Waals surface area contributed by atoms with E-state index in [1.54, 1.807) is 18.2 Å². The van der Waals surface area contributed by atoms with E-state index >= 15 is 0 Å². The van der Waals surface area contributed by atoms with Crippen molar-refractivity contribution in [1.82, 2.24) is 0 Å². The summed E-state index contributed by atoms with van der Waals surface area (Å²) in [4.78, 5) is 37.0. The summed E-state index contributed by atoms with van der Waals surface area (Å²) < 4.78 is 5.42. The molecule has 0 aliphatic heterocycles. The Kier molecular flexibility index (Phi) is 6.93. The van der Waals surface area contributed by atoms with Crippen molar-refractivity contribution < 1.29 is 19.1 Å². The van der Waals surface area contributed by atoms with Gasteiger partial charge in [-0.25, -0.2) is 0 Å². The number of hydrogen-bond donors (Lipinski definition) is 2. The number of carbonyl (C=O) groups excluding carboxylic acids is 3. The van der Waals surface area contributed by atoms with Gasteiger partial charge in [0.05, 0.1) is 16.9 Å². The fourth-order valence-corrected chi connectivity index (χ4v) is 4.39. The number of para-hydroxylation sites is 1. The lowest BCUT2D eigenvalue weighted by Gasteiger charge is -2.27. The van der Waals surface area contributed by atoms with Crippen LogP contribution in [0.3, 0.4) is 0 Å². The smallest absolute Gasteiger partial charge is 0.317 e. The number of nitrogens with two attached hydrogens (primary N) is 1. The molecule has 1 aliphatic rings. The number of thioether (sulfide) groups is 1. The summed E-state index contributed by atoms with van der Waals surface area (Å²) in [7, 11) is 0. The third-order valence-electron chi connectivity index (χ3n) is 5.04. The highest BCUT2D eigenvalue weighted by Gasteiger charge is 2.44. The van der Waals surface area contributed by atoms with Crippen molar-refractivity contribution in [2.24, 2.45) is 5.73 Å². The number of nitrogens with one attached hydrogen (secondary N) is 1. The highest BCUT2D eigenvalue weighted by Crippen LogP contribution is 2.42. The van der Waals surface area contributed by atoms with E-state index in [4.69, 9.17) is 10.5 Å². The number of amides is 2. The lowest BCUT2D eigenvalue weighted by atomic mass is 9.79. The Morgan fingerprint density at radius 2 is 1.66 bits per heavy atom. The molecule has 2 aromatic carbocycles. The Morgan fingerprint density at radius 1 is 1.00 bits per heavy atom. The minimum Gasteiger partial charge on any atom is -0.455 e. The van der Waals surface area contributed by atoms with Crippen LogP contribution in [0.4, 0.5) is 5.69 Å². The first kappa shape index (κ1) is 20.9. The Labute approximate surface area is 174 Å². The molecule has 2 aromatic rings. The van der Waals surface area contributed by atoms with E-state index in [0.717, 1.165) is 36.1 Å². The molecule has 1 saturated carbocycles. The largest absolute Gasteiger partial charge is 0.455 e. The van der Waals surface area contributed by atoms with E-state index in [2.05, 4.69) is 5.32 Å². The van der Waals surface area contributed by atoms with E-state index < -0.39 is 17.2 Å². The van der Waals surface area contributed by atoms with Crippen molar-refractivity contribution in [1.29, 1.82) is 0 Å². The van der Waals surface area contributed by atoms with Crippen LogP contribution < -0.4 is 11.1 Å². The Morgan fingerprint density at radius 3 is 2.34 bits per heavy atom. The second-order valence-electron chi connectivity index (χ2n) is 7.03. The van der Waals surface area contributed by atoms with Gasteiger partial charge in [-0.2, -0.15) is 0 Å². The van der Waals surface area contributed by atoms with Crippen molar-refractivity contribution >= 4 is 35.2 Å². The molecule has 0 heterocycles. The fraction of sp³-hybridized carbons (Fsp3) is 0.318. The molecule has 0 unspecified atom stereocenters. The molecule has 6 nitrogen and oxygen atoms in total. The summed E-state index contributed by atoms with van der Waals surface area (Å²) in [5.74, 6) is -1.10. The van der Waals surface area contributed by atoms with Crippen molar-refractivity contribution in [2.75, 3.05) is 17.7 Å². The standard InChI is InChI=1S/C22H24N2O4S/c23-19(25)15-29-18-11-5-4-10-17(18)24-20(26)14-28-21(27)22(12-6-7-13-22)16-8-2-1-3-9-16/h1-5,8-11H,6-7,12-15H2,(H2,23,25)(H,24,26). The summed E-state index contributed by atoms with van der Waals surface area (Å²) in [6, 6.07) is 16.7. The van der Waals surface area contributed by atoms with Gasteiger partial charge in [0.15, 0.2) is 6.61 Å². The zero-order valence-corrected chi connectivity index (χ0v) is 16.9. The number of hydrogen-bond acceptors (Lipinski definition) is 5. The molecule has 0 atom stereocenters. The van der Waals surface area contributed by atoms with Crippen molar-refractivity contribution in [3.05, 3.63) is 60.2 Å². The van der Waals surface area contributed by atoms with Crippen LogP contribution in [0.1, 0.15) is 31.2 Å². The van der Waals surface area contributed by atoms with Gasteiger partial charge in [-0.1, -0.05) is 55.3 Å². The number of primary amides is 1. The summed E-state index contributed by atoms with van der Waals surface area (Å²) >= 11 is 1.24. The third-order valence-corrected chi connectivity index (χ3v) is 6.14. The molecule has 152 valence electrons. The molecule has 0 radical (unpaired) electrons. The van der Waals surface area contributed by atoms with Crippen LogP contribution in [-0.4, -0.2) is 30.1 Å². The van der Waals surface area contributed by atoms with Gasteiger partial charge in [-0.15, -0.1) is 11.8 Å². The van der Waals surface area contributed by atoms with Gasteiger partial charge in [-0.3, -0.25) is 14.4 Å². The average Bonchev–Trinajstić information content (AvgIpc) is 3.23. The first-order valence-corrected chi connectivity index (χ1v) is 10.5. The molecule has 0 aromatic heterocycles. The molecule has 0 saturated heterocycles. The summed E-state index contributed by atoms with van der Waals surface area (Å²) in [5.41, 5.74) is 6.01. The van der Waals surface area contributed by atoms with Gasteiger partial charge in [0.25, 0.3) is 5.91 Å². The van der Waals surface area contributed by atoms with E-state index in [1.807, 2.05) is 36.4 Å². The first-order valence-electron chi connectivity index (χ1n) is 9.54. The van der Waals surface area contributed by atoms with Crippen LogP contribution in [0.15, 0.2) is 59.5 Å². The number of ether oxygens (including phenoxy) is 1. The van der Waals surface area contributed by atoms with Crippen molar-refractivity contribution in [2.45, 2.75) is 36.0 Å². The van der Waals surface area contributed by atoms with E-state index in [0.29, 0.717) is 5.69 Å². The van der Waals surface area contributed by atoms with Crippen LogP contribution >= 0.6 is 11.8 Å². The molecule has 3 rings (SSSR count). The van der Waals surface area contributed by atoms with Gasteiger partial charge in [-0.05, 0) is 30.5 Å². The Balaban J connectivity index is 1.62. The maximum Gasteiger partial charge on any atom is 0.317 e. The van der Waals surface area contributed by atoms with Gasteiger partial charge >= 0.3 is 5.97 Å². The monoisotopic (exact) mass is 412 g/mol. The van der Waals surface area contributed by atoms with Gasteiger partial charge in [0.2, 0.25) is 5.91 Å². The summed E-state index contributed by atoms with van der Waals surface area (Å²) in [6.07, 6.45) is 3.37. The molecule has 2 amide bonds. The predicted molar refractivity (Wildman–Crippen MR) is 113 cm³/mol. The summed E-state index contributed by atoms with van der Waals surface area (Å²) in [5, 5.41) is 2.74. The number of carbonyl (C=O) groups is 3. The molecule has 29 heavy (non-hydrogen) atoms. The van der Waals surface area contributed by atoms with E-state index in [-0.39, 0.29) is 18.3 Å². The first-order chi connectivity index (χ1) is 14.0. The number of rotatable bonds is 8. The molecule has 0 bridgehead atoms. The number of esters is 1. The van der Waals surface area contributed by atoms with Crippen LogP contribution in [-0.2, 0) is 24.5 Å². The quantitative estimate of drug-likeness (QED) is 0.512. The van der Waals surface area contributed by atoms with Gasteiger partial charge < -0.3 is 15.8 Å². The van der Waals surface area contributed by atoms with Crippen molar-refractivity contribution in [3.8, 4) is 0 Å². The van der Waals surface area contributed by atoms with Crippen LogP contribution in [0.2, 0.25) is 0 Å². The summed E-state index contributed by atoms with van der Waals surface area (Å²) in [6.45, 7) is -0.359. The molecule has 0 spiro atoms. The lowest BCUT2D eigenvalue weighted by Crippen LogP contribution is -2.36. The topological polar surface area (TPSA) is 98.5 Å². The second-order valence-corrected chi connectivity index (χ2v) is 8.05. The fourth-order valence-electron chi connectivity index (χ4n) is 3.65. The second kappa shape index (κ2) is 9.60. The molecular formula is C22H24N2O4S. The molecule has 7 heteroatoms. The molecule has 3 N–H and O–H groups in total. The van der Waals surface area contributed by atoms with E-state index in [1.165, 1.54) is 11.8 Å². The van der Waals surface area contributed by atoms with Crippen molar-refractivity contribution in [3.63, 3.8) is 0 Å². The maximum absolute atomic E-state index is 12.9. The van der Waals surface area contributed by atoms with Gasteiger partial charge in [0.1, 0.15) is 0 Å². The number of anilines is 1. The molecule has 1 fully saturated rings. The Hall–Kier alpha value is -2.80. The molecular weight excluding hydrogens is 388 g/mol. The lowest BCUT2D eigenvalue weighted by molar-refractivity contribution is -0.153. The maximum atomic E-state index is 12.9.